The first kappa shape index (κ1) is 54.6. The fourth-order valence-electron chi connectivity index (χ4n) is 5.85. The third kappa shape index (κ3) is 13.9. The number of nitrogens with zero attached hydrogens (tertiary/aromatic N) is 4. The van der Waals surface area contributed by atoms with Crippen LogP contribution >= 0.6 is 0 Å². The predicted molar refractivity (Wildman–Crippen MR) is 233 cm³/mol. The number of benzene rings is 5. The molecule has 30 nitrogen and oxygen atoms in total. The maximum absolute atomic E-state index is 12.8. The molecule has 5 rings (SSSR count). The van der Waals surface area contributed by atoms with Crippen LogP contribution in [0.3, 0.4) is 0 Å². The zero-order chi connectivity index (χ0) is 51.9. The predicted octanol–water partition coefficient (Wildman–Crippen LogP) is 2.71. The lowest BCUT2D eigenvalue weighted by molar-refractivity contribution is 0.282. The number of azo groups is 2. The van der Waals surface area contributed by atoms with Crippen molar-refractivity contribution in [2.75, 3.05) is 35.9 Å². The molecule has 0 aliphatic carbocycles. The van der Waals surface area contributed by atoms with Gasteiger partial charge in [-0.3, -0.25) is 27.3 Å². The zero-order valence-corrected chi connectivity index (χ0v) is 40.0. The van der Waals surface area contributed by atoms with E-state index in [-0.39, 0.29) is 5.39 Å². The molecule has 0 fully saturated rings. The minimum Gasteiger partial charge on any atom is -0.505 e. The summed E-state index contributed by atoms with van der Waals surface area (Å²) >= 11 is 0. The third-order valence-corrected chi connectivity index (χ3v) is 16.2. The highest BCUT2D eigenvalue weighted by molar-refractivity contribution is 7.92. The molecule has 5 aromatic rings. The van der Waals surface area contributed by atoms with E-state index >= 15 is 0 Å². The fraction of sp³-hybridized carbons (Fsp3) is 0.161. The lowest BCUT2D eigenvalue weighted by atomic mass is 10.1. The summed E-state index contributed by atoms with van der Waals surface area (Å²) in [6, 6.07) is 8.48. The monoisotopic (exact) mass is 1130 g/mol. The molecule has 0 aliphatic rings. The highest BCUT2D eigenvalue weighted by Crippen LogP contribution is 2.47. The van der Waals surface area contributed by atoms with Crippen molar-refractivity contribution >= 4 is 131 Å². The number of aromatic hydroxyl groups is 1. The fourth-order valence-corrected chi connectivity index (χ4v) is 11.4. The summed E-state index contributed by atoms with van der Waals surface area (Å²) in [5.74, 6) is -4.69. The first-order valence-electron chi connectivity index (χ1n) is 17.6. The summed E-state index contributed by atoms with van der Waals surface area (Å²) in [4.78, 5) is -5.13. The van der Waals surface area contributed by atoms with Gasteiger partial charge in [-0.1, -0.05) is 12.1 Å². The second-order valence-corrected chi connectivity index (χ2v) is 25.4. The molecular weight excluding hydrogens is 1100 g/mol. The van der Waals surface area contributed by atoms with Crippen LogP contribution in [0, 0.1) is 0 Å². The van der Waals surface area contributed by atoms with Crippen molar-refractivity contribution < 1.29 is 108 Å². The van der Waals surface area contributed by atoms with Gasteiger partial charge in [0.05, 0.1) is 40.2 Å². The largest absolute Gasteiger partial charge is 0.505 e. The number of nitrogens with one attached hydrogen (secondary N) is 1. The number of phenolic OH excluding ortho intramolecular Hbond substituents is 1. The average molecular weight is 1130 g/mol. The van der Waals surface area contributed by atoms with Crippen LogP contribution < -0.4 is 5.32 Å². The normalized spacial score (nSPS) is 13.8. The van der Waals surface area contributed by atoms with Crippen LogP contribution in [0.15, 0.2) is 112 Å². The van der Waals surface area contributed by atoms with E-state index in [4.69, 9.17) is 9.11 Å². The van der Waals surface area contributed by atoms with Crippen LogP contribution in [-0.4, -0.2) is 130 Å². The van der Waals surface area contributed by atoms with Gasteiger partial charge in [-0.25, -0.2) is 25.2 Å². The van der Waals surface area contributed by atoms with Crippen molar-refractivity contribution in [3.63, 3.8) is 0 Å². The van der Waals surface area contributed by atoms with Gasteiger partial charge in [0.1, 0.15) is 43.3 Å². The Kier molecular flexibility index (Phi) is 15.4. The van der Waals surface area contributed by atoms with Gasteiger partial charge in [-0.15, -0.1) is 20.5 Å². The highest BCUT2D eigenvalue weighted by Gasteiger charge is 2.28. The van der Waals surface area contributed by atoms with Crippen LogP contribution in [-0.2, 0) is 89.3 Å². The molecule has 0 aromatic heterocycles. The van der Waals surface area contributed by atoms with Crippen LogP contribution in [0.4, 0.5) is 28.4 Å². The molecule has 0 bridgehead atoms. The summed E-state index contributed by atoms with van der Waals surface area (Å²) in [5, 5.41) is 26.5. The third-order valence-electron chi connectivity index (χ3n) is 8.72. The Hall–Kier alpha value is -5.30. The Labute approximate surface area is 390 Å². The maximum Gasteiger partial charge on any atom is 0.397 e. The Bertz CT molecular complexity index is 3940. The van der Waals surface area contributed by atoms with E-state index < -0.39 is 186 Å². The minimum atomic E-state index is -5.60. The number of phenols is 1. The molecule has 0 amide bonds. The molecule has 0 aliphatic heterocycles. The van der Waals surface area contributed by atoms with Crippen LogP contribution in [0.25, 0.3) is 21.5 Å². The first-order valence-corrected chi connectivity index (χ1v) is 29.5. The van der Waals surface area contributed by atoms with Gasteiger partial charge in [0, 0.05) is 16.2 Å². The summed E-state index contributed by atoms with van der Waals surface area (Å²) in [6.45, 7) is -2.17. The molecule has 8 N–H and O–H groups in total. The molecule has 5 aromatic carbocycles. The molecule has 0 unspecified atom stereocenters. The first-order chi connectivity index (χ1) is 31.4. The molecule has 376 valence electrons. The van der Waals surface area contributed by atoms with E-state index in [1.165, 1.54) is 0 Å². The Balaban J connectivity index is 1.69. The highest BCUT2D eigenvalue weighted by atomic mass is 32.3. The van der Waals surface area contributed by atoms with Crippen molar-refractivity contribution in [1.29, 1.82) is 0 Å². The molecule has 38 heteroatoms. The standard InChI is InChI=1S/C31H29N5O25S8/c37-30-21-5-8-24(32-16-64(42,43)44)28(35-33-23-7-3-19(14-26(23)65(45,46)47)63(40,41)12-10-61-69(57,58)59)22(21)15-27(66(48,49)50)29(30)36-34-25-6-1-17-13-18(2-4-20(17)31(25)67(51,52)53)62(38,39)11-9-60-68(54,55)56/h1-8,13-15,32,37H,9-12,16H2,(H,42,43,44)(H,45,46,47)(H,48,49,50)(H,51,52,53)(H,54,55,56)(H,57,58,59)/b35-33+,36-34+. The topological polar surface area (TPSA) is 495 Å². The second-order valence-electron chi connectivity index (χ2n) is 13.4. The number of hydrogen-bond donors (Lipinski definition) is 8. The van der Waals surface area contributed by atoms with Crippen LogP contribution in [0.2, 0.25) is 0 Å². The Morgan fingerprint density at radius 2 is 0.971 bits per heavy atom. The van der Waals surface area contributed by atoms with E-state index in [9.17, 15) is 90.7 Å². The van der Waals surface area contributed by atoms with Crippen molar-refractivity contribution in [3.05, 3.63) is 66.7 Å². The Morgan fingerprint density at radius 3 is 1.49 bits per heavy atom. The van der Waals surface area contributed by atoms with Crippen molar-refractivity contribution in [2.24, 2.45) is 20.5 Å². The van der Waals surface area contributed by atoms with Crippen LogP contribution in [0.5, 0.6) is 5.75 Å². The summed E-state index contributed by atoms with van der Waals surface area (Å²) in [7, 11) is -40.4. The molecule has 0 saturated heterocycles. The van der Waals surface area contributed by atoms with E-state index in [1.807, 2.05) is 0 Å². The van der Waals surface area contributed by atoms with Gasteiger partial charge >= 0.3 is 20.8 Å². The van der Waals surface area contributed by atoms with Crippen molar-refractivity contribution in [2.45, 2.75) is 24.5 Å². The number of hydrogen-bond acceptors (Lipinski definition) is 24. The number of anilines is 1. The van der Waals surface area contributed by atoms with Crippen LogP contribution in [0.1, 0.15) is 0 Å². The van der Waals surface area contributed by atoms with Gasteiger partial charge < -0.3 is 10.4 Å². The van der Waals surface area contributed by atoms with E-state index in [1.54, 1.807) is 0 Å². The van der Waals surface area contributed by atoms with Gasteiger partial charge in [-0.2, -0.15) is 50.5 Å². The number of rotatable bonds is 20. The lowest BCUT2D eigenvalue weighted by Gasteiger charge is -2.14. The summed E-state index contributed by atoms with van der Waals surface area (Å²) in [5.41, 5.74) is -4.12. The smallest absolute Gasteiger partial charge is 0.397 e. The zero-order valence-electron chi connectivity index (χ0n) is 33.4. The molecular formula is C31H29N5O25S8. The molecule has 0 radical (unpaired) electrons. The van der Waals surface area contributed by atoms with Gasteiger partial charge in [-0.05, 0) is 60.0 Å². The van der Waals surface area contributed by atoms with Crippen molar-refractivity contribution in [3.8, 4) is 5.75 Å². The maximum atomic E-state index is 12.8. The minimum absolute atomic E-state index is 0.209. The van der Waals surface area contributed by atoms with Gasteiger partial charge in [0.15, 0.2) is 25.4 Å². The van der Waals surface area contributed by atoms with Gasteiger partial charge in [0.2, 0.25) is 0 Å². The van der Waals surface area contributed by atoms with E-state index in [0.717, 1.165) is 42.5 Å². The SMILES string of the molecule is O=S(=O)(O)CNc1ccc2c(O)c(/N=N/c3ccc4cc(S(=O)(=O)CCOS(=O)(=O)O)ccc4c3S(=O)(=O)O)c(S(=O)(=O)O)cc2c1/N=N/c1ccc(S(=O)(=O)CCOS(=O)(=O)O)cc1S(=O)(=O)O. The molecule has 0 atom stereocenters. The lowest BCUT2D eigenvalue weighted by Crippen LogP contribution is -2.16. The van der Waals surface area contributed by atoms with Crippen molar-refractivity contribution in [1.82, 2.24) is 0 Å². The summed E-state index contributed by atoms with van der Waals surface area (Å²) in [6.07, 6.45) is 0. The van der Waals surface area contributed by atoms with E-state index in [2.05, 4.69) is 34.1 Å². The molecule has 0 spiro atoms. The molecule has 0 heterocycles. The summed E-state index contributed by atoms with van der Waals surface area (Å²) < 4.78 is 259. The van der Waals surface area contributed by atoms with E-state index in [0.29, 0.717) is 24.3 Å². The Morgan fingerprint density at radius 1 is 0.478 bits per heavy atom. The average Bonchev–Trinajstić information content (AvgIpc) is 3.18. The van der Waals surface area contributed by atoms with Gasteiger partial charge in [0.25, 0.3) is 40.5 Å². The number of sulfone groups is 2. The number of fused-ring (bicyclic) bond motifs is 2. The quantitative estimate of drug-likeness (QED) is 0.0410. The second kappa shape index (κ2) is 19.5. The molecule has 69 heavy (non-hydrogen) atoms. The molecule has 0 saturated carbocycles.